The van der Waals surface area contributed by atoms with Gasteiger partial charge in [-0.2, -0.15) is 0 Å². The zero-order valence-corrected chi connectivity index (χ0v) is 11.1. The van der Waals surface area contributed by atoms with E-state index in [4.69, 9.17) is 8.92 Å². The highest BCUT2D eigenvalue weighted by molar-refractivity contribution is 7.95. The number of hydrogen-bond donors (Lipinski definition) is 0. The second kappa shape index (κ2) is 6.86. The minimum Gasteiger partial charge on any atom is -0.462 e. The maximum atomic E-state index is 11.4. The molecule has 0 atom stereocenters. The van der Waals surface area contributed by atoms with Crippen LogP contribution < -0.4 is 0 Å². The van der Waals surface area contributed by atoms with Gasteiger partial charge in [-0.1, -0.05) is 6.58 Å². The van der Waals surface area contributed by atoms with E-state index in [1.807, 2.05) is 0 Å². The van der Waals surface area contributed by atoms with Gasteiger partial charge in [0.25, 0.3) is 0 Å². The monoisotopic (exact) mass is 266 g/mol. The summed E-state index contributed by atoms with van der Waals surface area (Å²) in [6.45, 7) is 7.14. The van der Waals surface area contributed by atoms with Gasteiger partial charge in [0.05, 0.1) is 24.2 Å². The molecule has 0 amide bonds. The van der Waals surface area contributed by atoms with Crippen LogP contribution in [-0.4, -0.2) is 18.5 Å². The predicted octanol–water partition coefficient (Wildman–Crippen LogP) is 2.99. The van der Waals surface area contributed by atoms with E-state index in [9.17, 15) is 9.59 Å². The van der Waals surface area contributed by atoms with E-state index in [1.54, 1.807) is 38.1 Å². The van der Waals surface area contributed by atoms with Crippen LogP contribution >= 0.6 is 12.0 Å². The lowest BCUT2D eigenvalue weighted by Gasteiger charge is -2.04. The number of rotatable bonds is 5. The molecule has 0 saturated heterocycles. The Bertz CT molecular complexity index is 451. The number of carbonyl (C=O) groups excluding carboxylic acids is 2. The van der Waals surface area contributed by atoms with Crippen molar-refractivity contribution in [1.29, 1.82) is 0 Å². The summed E-state index contributed by atoms with van der Waals surface area (Å²) < 4.78 is 9.75. The van der Waals surface area contributed by atoms with Crippen molar-refractivity contribution in [3.05, 3.63) is 42.0 Å². The Labute approximate surface area is 110 Å². The zero-order chi connectivity index (χ0) is 13.5. The lowest BCUT2D eigenvalue weighted by Crippen LogP contribution is -2.04. The van der Waals surface area contributed by atoms with Crippen molar-refractivity contribution in [2.75, 3.05) is 6.61 Å². The van der Waals surface area contributed by atoms with Gasteiger partial charge >= 0.3 is 11.9 Å². The summed E-state index contributed by atoms with van der Waals surface area (Å²) in [5.41, 5.74) is 0.804. The number of esters is 1. The SMILES string of the molecule is C=C(C)C(=O)OSc1ccc(C(=O)OCC)cc1. The van der Waals surface area contributed by atoms with Gasteiger partial charge in [0.15, 0.2) is 0 Å². The molecule has 1 aromatic carbocycles. The maximum Gasteiger partial charge on any atom is 0.345 e. The third-order valence-corrected chi connectivity index (χ3v) is 2.63. The van der Waals surface area contributed by atoms with Crippen LogP contribution in [0.3, 0.4) is 0 Å². The molecule has 0 fully saturated rings. The smallest absolute Gasteiger partial charge is 0.345 e. The van der Waals surface area contributed by atoms with Crippen molar-refractivity contribution in [1.82, 2.24) is 0 Å². The highest BCUT2D eigenvalue weighted by Crippen LogP contribution is 2.20. The first-order valence-corrected chi connectivity index (χ1v) is 6.10. The molecule has 0 unspecified atom stereocenters. The van der Waals surface area contributed by atoms with E-state index in [-0.39, 0.29) is 5.97 Å². The second-order valence-electron chi connectivity index (χ2n) is 3.48. The van der Waals surface area contributed by atoms with Crippen LogP contribution in [0.5, 0.6) is 0 Å². The Morgan fingerprint density at radius 1 is 1.28 bits per heavy atom. The molecular weight excluding hydrogens is 252 g/mol. The second-order valence-corrected chi connectivity index (χ2v) is 4.28. The first-order chi connectivity index (χ1) is 8.54. The molecule has 1 aromatic rings. The molecule has 18 heavy (non-hydrogen) atoms. The molecule has 0 aliphatic rings. The van der Waals surface area contributed by atoms with E-state index in [2.05, 4.69) is 6.58 Å². The molecule has 5 heteroatoms. The van der Waals surface area contributed by atoms with Crippen LogP contribution in [0.25, 0.3) is 0 Å². The molecule has 0 bridgehead atoms. The molecule has 0 aliphatic carbocycles. The molecule has 96 valence electrons. The van der Waals surface area contributed by atoms with Gasteiger partial charge in [0, 0.05) is 10.5 Å². The molecule has 0 saturated carbocycles. The van der Waals surface area contributed by atoms with Crippen LogP contribution in [0.15, 0.2) is 41.3 Å². The first-order valence-electron chi connectivity index (χ1n) is 5.36. The predicted molar refractivity (Wildman–Crippen MR) is 69.2 cm³/mol. The van der Waals surface area contributed by atoms with Gasteiger partial charge in [0.2, 0.25) is 0 Å². The van der Waals surface area contributed by atoms with Gasteiger partial charge in [-0.3, -0.25) is 0 Å². The minimum absolute atomic E-state index is 0.339. The molecule has 4 nitrogen and oxygen atoms in total. The van der Waals surface area contributed by atoms with Gasteiger partial charge in [-0.05, 0) is 38.1 Å². The fraction of sp³-hybridized carbons (Fsp3) is 0.231. The molecule has 0 heterocycles. The van der Waals surface area contributed by atoms with Crippen molar-refractivity contribution >= 4 is 24.0 Å². The molecule has 0 aliphatic heterocycles. The molecule has 0 radical (unpaired) electrons. The summed E-state index contributed by atoms with van der Waals surface area (Å²) in [7, 11) is 0. The summed E-state index contributed by atoms with van der Waals surface area (Å²) in [5, 5.41) is 0. The average molecular weight is 266 g/mol. The van der Waals surface area contributed by atoms with Crippen LogP contribution in [-0.2, 0) is 13.7 Å². The number of carbonyl (C=O) groups is 2. The average Bonchev–Trinajstić information content (AvgIpc) is 2.36. The van der Waals surface area contributed by atoms with Crippen molar-refractivity contribution in [3.63, 3.8) is 0 Å². The lowest BCUT2D eigenvalue weighted by atomic mass is 10.2. The van der Waals surface area contributed by atoms with Crippen LogP contribution in [0.4, 0.5) is 0 Å². The highest BCUT2D eigenvalue weighted by Gasteiger charge is 2.08. The van der Waals surface area contributed by atoms with Crippen molar-refractivity contribution < 1.29 is 18.5 Å². The van der Waals surface area contributed by atoms with Crippen molar-refractivity contribution in [2.45, 2.75) is 18.7 Å². The maximum absolute atomic E-state index is 11.4. The van der Waals surface area contributed by atoms with Crippen molar-refractivity contribution in [3.8, 4) is 0 Å². The van der Waals surface area contributed by atoms with E-state index < -0.39 is 5.97 Å². The topological polar surface area (TPSA) is 52.6 Å². The minimum atomic E-state index is -0.463. The van der Waals surface area contributed by atoms with E-state index in [1.165, 1.54) is 0 Å². The van der Waals surface area contributed by atoms with Crippen LogP contribution in [0, 0.1) is 0 Å². The molecular formula is C13H14O4S. The van der Waals surface area contributed by atoms with Crippen molar-refractivity contribution in [2.24, 2.45) is 0 Å². The Hall–Kier alpha value is -1.75. The summed E-state index contributed by atoms with van der Waals surface area (Å²) in [6.07, 6.45) is 0. The normalized spacial score (nSPS) is 9.67. The highest BCUT2D eigenvalue weighted by atomic mass is 32.2. The molecule has 1 rings (SSSR count). The molecule has 0 spiro atoms. The number of hydrogen-bond acceptors (Lipinski definition) is 5. The summed E-state index contributed by atoms with van der Waals surface area (Å²) in [4.78, 5) is 23.3. The van der Waals surface area contributed by atoms with Gasteiger partial charge in [-0.15, -0.1) is 0 Å². The van der Waals surface area contributed by atoms with Gasteiger partial charge in [-0.25, -0.2) is 9.59 Å². The van der Waals surface area contributed by atoms with E-state index >= 15 is 0 Å². The Morgan fingerprint density at radius 3 is 2.39 bits per heavy atom. The lowest BCUT2D eigenvalue weighted by molar-refractivity contribution is -0.128. The molecule has 0 N–H and O–H groups in total. The zero-order valence-electron chi connectivity index (χ0n) is 10.3. The number of ether oxygens (including phenoxy) is 1. The van der Waals surface area contributed by atoms with Gasteiger partial charge in [0.1, 0.15) is 0 Å². The van der Waals surface area contributed by atoms with Gasteiger partial charge < -0.3 is 8.92 Å². The third kappa shape index (κ3) is 4.25. The summed E-state index contributed by atoms with van der Waals surface area (Å²) in [5.74, 6) is -0.831. The summed E-state index contributed by atoms with van der Waals surface area (Å²) >= 11 is 0.928. The summed E-state index contributed by atoms with van der Waals surface area (Å²) in [6, 6.07) is 6.61. The first kappa shape index (κ1) is 14.3. The van der Waals surface area contributed by atoms with Crippen LogP contribution in [0.1, 0.15) is 24.2 Å². The Morgan fingerprint density at radius 2 is 1.89 bits per heavy atom. The van der Waals surface area contributed by atoms with E-state index in [0.717, 1.165) is 16.9 Å². The standard InChI is InChI=1S/C13H14O4S/c1-4-16-13(15)10-5-7-11(8-6-10)18-17-12(14)9(2)3/h5-8H,2,4H2,1,3H3. The quantitative estimate of drug-likeness (QED) is 0.466. The van der Waals surface area contributed by atoms with E-state index in [0.29, 0.717) is 17.7 Å². The Balaban J connectivity index is 2.58. The fourth-order valence-electron chi connectivity index (χ4n) is 1.02. The van der Waals surface area contributed by atoms with Crippen LogP contribution in [0.2, 0.25) is 0 Å². The largest absolute Gasteiger partial charge is 0.462 e. The Kier molecular flexibility index (Phi) is 5.45. The third-order valence-electron chi connectivity index (χ3n) is 1.93. The number of benzene rings is 1. The molecule has 0 aromatic heterocycles. The fourth-order valence-corrected chi connectivity index (χ4v) is 1.58.